The molecule has 55 heavy (non-hydrogen) atoms. The van der Waals surface area contributed by atoms with Crippen molar-refractivity contribution in [2.75, 3.05) is 0 Å². The van der Waals surface area contributed by atoms with E-state index in [-0.39, 0.29) is 12.4 Å². The van der Waals surface area contributed by atoms with E-state index in [4.69, 9.17) is 38.9 Å². The predicted molar refractivity (Wildman–Crippen MR) is 240 cm³/mol. The van der Waals surface area contributed by atoms with Crippen molar-refractivity contribution in [2.45, 2.75) is 99.0 Å². The van der Waals surface area contributed by atoms with Crippen LogP contribution in [0.4, 0.5) is 0 Å². The number of hydrogen-bond acceptors (Lipinski definition) is 6. The molecular formula is C46H52Cl3N3OS2. The van der Waals surface area contributed by atoms with Crippen LogP contribution in [-0.4, -0.2) is 21.8 Å². The summed E-state index contributed by atoms with van der Waals surface area (Å²) in [5.41, 5.74) is 20.9. The molecule has 9 heteroatoms. The molecule has 0 bridgehead atoms. The largest absolute Gasteiger partial charge is 0.328 e. The third-order valence-electron chi connectivity index (χ3n) is 10.0. The van der Waals surface area contributed by atoms with Crippen LogP contribution < -0.4 is 5.73 Å². The average Bonchev–Trinajstić information content (AvgIpc) is 3.84. The Bertz CT molecular complexity index is 2160. The van der Waals surface area contributed by atoms with Gasteiger partial charge in [-0.15, -0.1) is 35.1 Å². The smallest absolute Gasteiger partial charge is 0.132 e. The van der Waals surface area contributed by atoms with Gasteiger partial charge in [0.15, 0.2) is 0 Å². The molecule has 0 saturated heterocycles. The Labute approximate surface area is 352 Å². The fraction of sp³-hybridized carbons (Fsp3) is 0.326. The molecule has 1 unspecified atom stereocenters. The van der Waals surface area contributed by atoms with Gasteiger partial charge in [-0.3, -0.25) is 4.79 Å². The van der Waals surface area contributed by atoms with Crippen molar-refractivity contribution in [1.82, 2.24) is 9.97 Å². The van der Waals surface area contributed by atoms with Gasteiger partial charge in [0.05, 0.1) is 21.4 Å². The standard InChI is InChI=1S/C23H27ClN2S.C23H24ClNOS.ClH/c1-4-21(25)10-7-18-11-16(3)19(12-15(18)2)13-23-26-22(14-27-23)17-5-8-20(24)9-6-17;1-4-21(26)10-7-18-11-16(3)19(12-15(18)2)13-23-25-22(14-27-23)17-5-8-20(24)9-6-17;/h5-6,8-9,11-12,14,21H,4,7,10,13,25H2,1-3H3;5-6,8-9,11-12,14H,4,7,10,13H2,1-3H3;1H. The van der Waals surface area contributed by atoms with Crippen LogP contribution >= 0.6 is 58.3 Å². The molecule has 6 rings (SSSR count). The number of carbonyl (C=O) groups is 1. The highest BCUT2D eigenvalue weighted by Crippen LogP contribution is 2.29. The molecule has 0 fully saturated rings. The van der Waals surface area contributed by atoms with Crippen molar-refractivity contribution in [2.24, 2.45) is 5.73 Å². The van der Waals surface area contributed by atoms with Crippen LogP contribution in [0.2, 0.25) is 10.0 Å². The van der Waals surface area contributed by atoms with E-state index in [1.807, 2.05) is 55.5 Å². The Balaban J connectivity index is 0.000000240. The van der Waals surface area contributed by atoms with Crippen molar-refractivity contribution >= 4 is 64.1 Å². The van der Waals surface area contributed by atoms with E-state index in [0.29, 0.717) is 24.7 Å². The predicted octanol–water partition coefficient (Wildman–Crippen LogP) is 13.3. The number of halogens is 3. The normalized spacial score (nSPS) is 11.4. The molecule has 0 radical (unpaired) electrons. The van der Waals surface area contributed by atoms with Crippen LogP contribution in [0, 0.1) is 27.7 Å². The summed E-state index contributed by atoms with van der Waals surface area (Å²) in [6.07, 6.45) is 6.93. The summed E-state index contributed by atoms with van der Waals surface area (Å²) in [7, 11) is 0. The van der Waals surface area contributed by atoms with Gasteiger partial charge >= 0.3 is 0 Å². The van der Waals surface area contributed by atoms with E-state index in [1.54, 1.807) is 22.7 Å². The third kappa shape index (κ3) is 12.8. The first-order valence-corrected chi connectivity index (χ1v) is 21.3. The molecule has 290 valence electrons. The zero-order chi connectivity index (χ0) is 38.8. The summed E-state index contributed by atoms with van der Waals surface area (Å²) in [4.78, 5) is 21.2. The third-order valence-corrected chi connectivity index (χ3v) is 12.2. The minimum Gasteiger partial charge on any atom is -0.328 e. The number of aryl methyl sites for hydroxylation is 6. The lowest BCUT2D eigenvalue weighted by Gasteiger charge is -2.14. The minimum atomic E-state index is 0. The topological polar surface area (TPSA) is 68.9 Å². The highest BCUT2D eigenvalue weighted by Gasteiger charge is 2.12. The number of benzene rings is 4. The van der Waals surface area contributed by atoms with E-state index >= 15 is 0 Å². The zero-order valence-electron chi connectivity index (χ0n) is 32.7. The summed E-state index contributed by atoms with van der Waals surface area (Å²) >= 11 is 15.4. The van der Waals surface area contributed by atoms with E-state index < -0.39 is 0 Å². The molecule has 0 aliphatic rings. The summed E-state index contributed by atoms with van der Waals surface area (Å²) < 4.78 is 0. The number of nitrogens with two attached hydrogens (primary N) is 1. The van der Waals surface area contributed by atoms with Gasteiger partial charge in [0.25, 0.3) is 0 Å². The second-order valence-electron chi connectivity index (χ2n) is 14.1. The number of aromatic nitrogens is 2. The zero-order valence-corrected chi connectivity index (χ0v) is 36.6. The van der Waals surface area contributed by atoms with Gasteiger partial charge in [-0.25, -0.2) is 9.97 Å². The molecule has 6 aromatic rings. The van der Waals surface area contributed by atoms with Gasteiger partial charge in [0.1, 0.15) is 5.78 Å². The highest BCUT2D eigenvalue weighted by molar-refractivity contribution is 7.10. The highest BCUT2D eigenvalue weighted by atomic mass is 35.5. The molecule has 0 amide bonds. The van der Waals surface area contributed by atoms with Crippen molar-refractivity contribution in [3.8, 4) is 22.5 Å². The van der Waals surface area contributed by atoms with Gasteiger partial charge in [-0.05, 0) is 122 Å². The van der Waals surface area contributed by atoms with Crippen LogP contribution in [-0.2, 0) is 30.5 Å². The van der Waals surface area contributed by atoms with Crippen LogP contribution in [0.15, 0.2) is 83.6 Å². The Morgan fingerprint density at radius 2 is 1.05 bits per heavy atom. The number of hydrogen-bond donors (Lipinski definition) is 1. The second kappa shape index (κ2) is 21.2. The molecule has 0 spiro atoms. The number of rotatable bonds is 14. The summed E-state index contributed by atoms with van der Waals surface area (Å²) in [6.45, 7) is 12.8. The molecule has 4 nitrogen and oxygen atoms in total. The molecule has 4 aromatic carbocycles. The van der Waals surface area contributed by atoms with Crippen molar-refractivity contribution < 1.29 is 4.79 Å². The first kappa shape index (κ1) is 44.4. The van der Waals surface area contributed by atoms with Gasteiger partial charge in [0.2, 0.25) is 0 Å². The van der Waals surface area contributed by atoms with E-state index in [1.165, 1.54) is 44.5 Å². The maximum absolute atomic E-state index is 11.6. The summed E-state index contributed by atoms with van der Waals surface area (Å²) in [6, 6.07) is 25.1. The molecular weight excluding hydrogens is 781 g/mol. The van der Waals surface area contributed by atoms with E-state index in [2.05, 4.69) is 69.6 Å². The summed E-state index contributed by atoms with van der Waals surface area (Å²) in [5.74, 6) is 0.327. The van der Waals surface area contributed by atoms with Gasteiger partial charge in [0, 0.05) is 63.7 Å². The number of thiazole rings is 2. The van der Waals surface area contributed by atoms with E-state index in [0.717, 1.165) is 81.1 Å². The first-order chi connectivity index (χ1) is 25.9. The molecule has 2 N–H and O–H groups in total. The van der Waals surface area contributed by atoms with Crippen molar-refractivity contribution in [1.29, 1.82) is 0 Å². The molecule has 0 saturated carbocycles. The number of ketones is 1. The number of carbonyl (C=O) groups excluding carboxylic acids is 1. The van der Waals surface area contributed by atoms with E-state index in [9.17, 15) is 4.79 Å². The second-order valence-corrected chi connectivity index (χ2v) is 16.9. The van der Waals surface area contributed by atoms with Gasteiger partial charge < -0.3 is 5.73 Å². The maximum atomic E-state index is 11.6. The number of nitrogens with zero attached hydrogens (tertiary/aromatic N) is 2. The lowest BCUT2D eigenvalue weighted by molar-refractivity contribution is -0.118. The van der Waals surface area contributed by atoms with Crippen molar-refractivity contribution in [3.05, 3.63) is 148 Å². The van der Waals surface area contributed by atoms with Gasteiger partial charge in [-0.2, -0.15) is 0 Å². The summed E-state index contributed by atoms with van der Waals surface area (Å²) in [5, 5.41) is 7.97. The monoisotopic (exact) mass is 831 g/mol. The first-order valence-electron chi connectivity index (χ1n) is 18.8. The quantitative estimate of drug-likeness (QED) is 0.119. The molecule has 1 atom stereocenters. The lowest BCUT2D eigenvalue weighted by atomic mass is 9.94. The minimum absolute atomic E-state index is 0. The molecule has 0 aliphatic carbocycles. The van der Waals surface area contributed by atoms with Crippen LogP contribution in [0.25, 0.3) is 22.5 Å². The van der Waals surface area contributed by atoms with Crippen molar-refractivity contribution in [3.63, 3.8) is 0 Å². The lowest BCUT2D eigenvalue weighted by Crippen LogP contribution is -2.19. The Morgan fingerprint density at radius 1 is 0.655 bits per heavy atom. The van der Waals surface area contributed by atoms with Crippen LogP contribution in [0.3, 0.4) is 0 Å². The fourth-order valence-electron chi connectivity index (χ4n) is 6.40. The van der Waals surface area contributed by atoms with Gasteiger partial charge in [-0.1, -0.05) is 85.6 Å². The average molecular weight is 833 g/mol. The Morgan fingerprint density at radius 3 is 1.47 bits per heavy atom. The van der Waals surface area contributed by atoms with Crippen LogP contribution in [0.1, 0.15) is 94.1 Å². The maximum Gasteiger partial charge on any atom is 0.132 e. The SMILES string of the molecule is CCC(=O)CCc1cc(C)c(Cc2nc(-c3ccc(Cl)cc3)cs2)cc1C.CCC(N)CCc1cc(C)c(Cc2nc(-c3ccc(Cl)cc3)cs2)cc1C.Cl. The fourth-order valence-corrected chi connectivity index (χ4v) is 8.31. The molecule has 0 aliphatic heterocycles. The molecule has 2 heterocycles. The Hall–Kier alpha value is -3.36. The van der Waals surface area contributed by atoms with Crippen LogP contribution in [0.5, 0.6) is 0 Å². The molecule has 2 aromatic heterocycles. The number of Topliss-reactive ketones (excluding diaryl/α,β-unsaturated/α-hetero) is 1. The Kier molecular flexibility index (Phi) is 17.1.